The number of aliphatic hydroxyl groups is 1. The number of halogens is 1. The van der Waals surface area contributed by atoms with Gasteiger partial charge in [-0.05, 0) is 36.8 Å². The zero-order chi connectivity index (χ0) is 19.1. The summed E-state index contributed by atoms with van der Waals surface area (Å²) in [6, 6.07) is 9.83. The molecular formula is C19H22ClN3O3. The Morgan fingerprint density at radius 3 is 2.65 bits per heavy atom. The number of benzene rings is 1. The first-order valence-electron chi connectivity index (χ1n) is 8.35. The second-order valence-electron chi connectivity index (χ2n) is 5.87. The molecule has 0 bridgehead atoms. The van der Waals surface area contributed by atoms with E-state index < -0.39 is 0 Å². The Bertz CT molecular complexity index is 764. The molecule has 6 nitrogen and oxygen atoms in total. The second-order valence-corrected chi connectivity index (χ2v) is 6.28. The molecule has 2 rings (SSSR count). The number of rotatable bonds is 7. The Hall–Kier alpha value is -2.44. The number of aliphatic hydroxyl groups excluding tert-OH is 1. The van der Waals surface area contributed by atoms with Crippen LogP contribution in [0.25, 0.3) is 0 Å². The quantitative estimate of drug-likeness (QED) is 0.779. The van der Waals surface area contributed by atoms with Gasteiger partial charge in [0.2, 0.25) is 5.91 Å². The van der Waals surface area contributed by atoms with Gasteiger partial charge in [-0.3, -0.25) is 14.6 Å². The Balaban J connectivity index is 2.37. The number of aromatic nitrogens is 1. The van der Waals surface area contributed by atoms with E-state index in [0.29, 0.717) is 17.8 Å². The van der Waals surface area contributed by atoms with Gasteiger partial charge in [-0.1, -0.05) is 24.6 Å². The lowest BCUT2D eigenvalue weighted by Crippen LogP contribution is -2.42. The third-order valence-electron chi connectivity index (χ3n) is 3.96. The molecule has 2 aromatic rings. The number of amides is 2. The summed E-state index contributed by atoms with van der Waals surface area (Å²) >= 11 is 6.23. The van der Waals surface area contributed by atoms with E-state index in [9.17, 15) is 14.7 Å². The van der Waals surface area contributed by atoms with Crippen LogP contribution in [0.2, 0.25) is 5.02 Å². The van der Waals surface area contributed by atoms with Gasteiger partial charge in [0.1, 0.15) is 0 Å². The maximum absolute atomic E-state index is 13.2. The van der Waals surface area contributed by atoms with Gasteiger partial charge < -0.3 is 15.3 Å². The highest BCUT2D eigenvalue weighted by atomic mass is 35.5. The van der Waals surface area contributed by atoms with Gasteiger partial charge in [0, 0.05) is 18.8 Å². The fraction of sp³-hybridized carbons (Fsp3) is 0.316. The maximum atomic E-state index is 13.2. The summed E-state index contributed by atoms with van der Waals surface area (Å²) in [5.41, 5.74) is 1.46. The van der Waals surface area contributed by atoms with Gasteiger partial charge in [-0.2, -0.15) is 0 Å². The van der Waals surface area contributed by atoms with Crippen LogP contribution in [0.4, 0.5) is 5.69 Å². The first kappa shape index (κ1) is 19.9. The number of nitrogens with one attached hydrogen (secondary N) is 1. The molecule has 0 saturated carbocycles. The fourth-order valence-electron chi connectivity index (χ4n) is 2.61. The number of pyridine rings is 1. The third-order valence-corrected chi connectivity index (χ3v) is 4.29. The zero-order valence-corrected chi connectivity index (χ0v) is 15.5. The number of anilines is 1. The summed E-state index contributed by atoms with van der Waals surface area (Å²) in [6.45, 7) is 3.37. The molecule has 138 valence electrons. The van der Waals surface area contributed by atoms with Crippen molar-refractivity contribution in [3.05, 3.63) is 58.9 Å². The Morgan fingerprint density at radius 2 is 2.08 bits per heavy atom. The highest BCUT2D eigenvalue weighted by molar-refractivity contribution is 6.34. The summed E-state index contributed by atoms with van der Waals surface area (Å²) in [7, 11) is 0. The summed E-state index contributed by atoms with van der Waals surface area (Å²) in [5, 5.41) is 12.6. The lowest BCUT2D eigenvalue weighted by atomic mass is 10.1. The van der Waals surface area contributed by atoms with Gasteiger partial charge in [0.25, 0.3) is 5.91 Å². The molecular weight excluding hydrogens is 354 g/mol. The topological polar surface area (TPSA) is 82.5 Å². The van der Waals surface area contributed by atoms with Gasteiger partial charge >= 0.3 is 0 Å². The van der Waals surface area contributed by atoms with Crippen LogP contribution in [0.3, 0.4) is 0 Å². The molecule has 2 amide bonds. The zero-order valence-electron chi connectivity index (χ0n) is 14.8. The number of hydrogen-bond donors (Lipinski definition) is 2. The minimum atomic E-state index is -0.370. The molecule has 0 aliphatic carbocycles. The second kappa shape index (κ2) is 9.31. The molecule has 2 N–H and O–H groups in total. The van der Waals surface area contributed by atoms with Crippen LogP contribution in [0.1, 0.15) is 36.3 Å². The molecule has 0 unspecified atom stereocenters. The van der Waals surface area contributed by atoms with E-state index in [0.717, 1.165) is 0 Å². The normalized spacial score (nSPS) is 11.7. The molecule has 7 heteroatoms. The van der Waals surface area contributed by atoms with Gasteiger partial charge in [0.05, 0.1) is 35.5 Å². The van der Waals surface area contributed by atoms with Crippen LogP contribution < -0.4 is 5.32 Å². The predicted molar refractivity (Wildman–Crippen MR) is 101 cm³/mol. The SMILES string of the molecule is CC[C@@H](CO)N(Cc1ccccn1)C(=O)c1cc(NC(C)=O)ccc1Cl. The van der Waals surface area contributed by atoms with Crippen molar-refractivity contribution in [3.8, 4) is 0 Å². The molecule has 1 aromatic carbocycles. The van der Waals surface area contributed by atoms with Crippen molar-refractivity contribution in [2.24, 2.45) is 0 Å². The Labute approximate surface area is 157 Å². The first-order chi connectivity index (χ1) is 12.5. The molecule has 0 fully saturated rings. The van der Waals surface area contributed by atoms with E-state index in [1.54, 1.807) is 35.4 Å². The Kier molecular flexibility index (Phi) is 7.12. The first-order valence-corrected chi connectivity index (χ1v) is 8.73. The van der Waals surface area contributed by atoms with E-state index in [4.69, 9.17) is 11.6 Å². The van der Waals surface area contributed by atoms with Crippen molar-refractivity contribution in [3.63, 3.8) is 0 Å². The number of nitrogens with zero attached hydrogens (tertiary/aromatic N) is 2. The third kappa shape index (κ3) is 5.03. The Morgan fingerprint density at radius 1 is 1.31 bits per heavy atom. The number of hydrogen-bond acceptors (Lipinski definition) is 4. The molecule has 0 aliphatic heterocycles. The van der Waals surface area contributed by atoms with Crippen LogP contribution in [0.15, 0.2) is 42.6 Å². The average molecular weight is 376 g/mol. The molecule has 1 aromatic heterocycles. The average Bonchev–Trinajstić information content (AvgIpc) is 2.63. The van der Waals surface area contributed by atoms with Crippen LogP contribution in [-0.2, 0) is 11.3 Å². The summed E-state index contributed by atoms with van der Waals surface area (Å²) in [4.78, 5) is 30.2. The van der Waals surface area contributed by atoms with Crippen molar-refractivity contribution in [1.82, 2.24) is 9.88 Å². The van der Waals surface area contributed by atoms with Crippen LogP contribution in [-0.4, -0.2) is 39.5 Å². The minimum absolute atomic E-state index is 0.169. The predicted octanol–water partition coefficient (Wildman–Crippen LogP) is 3.11. The lowest BCUT2D eigenvalue weighted by Gasteiger charge is -2.30. The van der Waals surface area contributed by atoms with Gasteiger partial charge in [0.15, 0.2) is 0 Å². The molecule has 0 aliphatic rings. The van der Waals surface area contributed by atoms with E-state index in [1.165, 1.54) is 6.92 Å². The smallest absolute Gasteiger partial charge is 0.256 e. The van der Waals surface area contributed by atoms with E-state index in [1.807, 2.05) is 19.1 Å². The lowest BCUT2D eigenvalue weighted by molar-refractivity contribution is -0.114. The van der Waals surface area contributed by atoms with Gasteiger partial charge in [-0.25, -0.2) is 0 Å². The summed E-state index contributed by atoms with van der Waals surface area (Å²) in [5.74, 6) is -0.563. The largest absolute Gasteiger partial charge is 0.394 e. The monoisotopic (exact) mass is 375 g/mol. The van der Waals surface area contributed by atoms with Crippen molar-refractivity contribution < 1.29 is 14.7 Å². The highest BCUT2D eigenvalue weighted by Gasteiger charge is 2.25. The van der Waals surface area contributed by atoms with Crippen molar-refractivity contribution in [2.45, 2.75) is 32.9 Å². The summed E-state index contributed by atoms with van der Waals surface area (Å²) in [6.07, 6.45) is 2.24. The maximum Gasteiger partial charge on any atom is 0.256 e. The van der Waals surface area contributed by atoms with Crippen LogP contribution in [0.5, 0.6) is 0 Å². The molecule has 1 heterocycles. The van der Waals surface area contributed by atoms with Crippen LogP contribution >= 0.6 is 11.6 Å². The minimum Gasteiger partial charge on any atom is -0.394 e. The fourth-order valence-corrected chi connectivity index (χ4v) is 2.80. The number of carbonyl (C=O) groups is 2. The highest BCUT2D eigenvalue weighted by Crippen LogP contribution is 2.24. The molecule has 1 atom stereocenters. The van der Waals surface area contributed by atoms with Crippen molar-refractivity contribution in [1.29, 1.82) is 0 Å². The standard InChI is InChI=1S/C19H22ClN3O3/c1-3-16(12-24)23(11-15-6-4-5-9-21-15)19(26)17-10-14(22-13(2)25)7-8-18(17)20/h4-10,16,24H,3,11-12H2,1-2H3,(H,22,25)/t16-/m0/s1. The molecule has 26 heavy (non-hydrogen) atoms. The van der Waals surface area contributed by atoms with Crippen LogP contribution in [0, 0.1) is 0 Å². The number of carbonyl (C=O) groups excluding carboxylic acids is 2. The van der Waals surface area contributed by atoms with Crippen molar-refractivity contribution in [2.75, 3.05) is 11.9 Å². The van der Waals surface area contributed by atoms with Crippen molar-refractivity contribution >= 4 is 29.1 Å². The molecule has 0 radical (unpaired) electrons. The molecule has 0 saturated heterocycles. The van der Waals surface area contributed by atoms with E-state index in [2.05, 4.69) is 10.3 Å². The van der Waals surface area contributed by atoms with E-state index >= 15 is 0 Å². The van der Waals surface area contributed by atoms with E-state index in [-0.39, 0.29) is 41.6 Å². The summed E-state index contributed by atoms with van der Waals surface area (Å²) < 4.78 is 0. The molecule has 0 spiro atoms. The van der Waals surface area contributed by atoms with Gasteiger partial charge in [-0.15, -0.1) is 0 Å².